The number of amides is 2. The molecular weight excluding hydrogens is 362 g/mol. The summed E-state index contributed by atoms with van der Waals surface area (Å²) in [6.45, 7) is 6.36. The van der Waals surface area contributed by atoms with Crippen LogP contribution in [0.25, 0.3) is 0 Å². The number of carbonyl (C=O) groups excluding carboxylic acids is 2. The Bertz CT molecular complexity index is 1000. The van der Waals surface area contributed by atoms with Crippen LogP contribution in [0, 0.1) is 6.92 Å². The highest BCUT2D eigenvalue weighted by Crippen LogP contribution is 2.19. The first-order valence-electron chi connectivity index (χ1n) is 9.70. The number of hydrogen-bond acceptors (Lipinski definition) is 3. The third kappa shape index (κ3) is 4.88. The lowest BCUT2D eigenvalue weighted by Gasteiger charge is -2.22. The highest BCUT2D eigenvalue weighted by atomic mass is 16.2. The molecule has 0 aliphatic carbocycles. The lowest BCUT2D eigenvalue weighted by atomic mass is 10.1. The molecule has 1 atom stereocenters. The second kappa shape index (κ2) is 9.15. The summed E-state index contributed by atoms with van der Waals surface area (Å²) in [5, 5.41) is 2.93. The van der Waals surface area contributed by atoms with Crippen molar-refractivity contribution in [2.45, 2.75) is 26.8 Å². The van der Waals surface area contributed by atoms with Gasteiger partial charge in [-0.25, -0.2) is 0 Å². The molecule has 1 aromatic heterocycles. The minimum absolute atomic E-state index is 0.161. The molecule has 2 amide bonds. The number of nitrogens with zero attached hydrogens (tertiary/aromatic N) is 2. The fourth-order valence-corrected chi connectivity index (χ4v) is 3.18. The van der Waals surface area contributed by atoms with E-state index in [-0.39, 0.29) is 23.6 Å². The number of nitrogens with one attached hydrogen (secondary N) is 1. The minimum atomic E-state index is -0.311. The molecule has 0 radical (unpaired) electrons. The summed E-state index contributed by atoms with van der Waals surface area (Å²) in [5.74, 6) is -0.472. The molecule has 1 heterocycles. The summed E-state index contributed by atoms with van der Waals surface area (Å²) < 4.78 is 0. The predicted molar refractivity (Wildman–Crippen MR) is 115 cm³/mol. The zero-order valence-corrected chi connectivity index (χ0v) is 16.9. The Labute approximate surface area is 171 Å². The summed E-state index contributed by atoms with van der Waals surface area (Å²) in [5.41, 5.74) is 3.57. The molecule has 0 saturated heterocycles. The van der Waals surface area contributed by atoms with Gasteiger partial charge in [0.05, 0.1) is 6.04 Å². The van der Waals surface area contributed by atoms with E-state index in [1.54, 1.807) is 17.0 Å². The number of carbonyl (C=O) groups is 2. The normalized spacial score (nSPS) is 11.6. The molecule has 1 N–H and O–H groups in total. The molecule has 5 heteroatoms. The number of hydrogen-bond donors (Lipinski definition) is 1. The van der Waals surface area contributed by atoms with E-state index >= 15 is 0 Å². The van der Waals surface area contributed by atoms with Crippen molar-refractivity contribution >= 4 is 17.5 Å². The maximum Gasteiger partial charge on any atom is 0.270 e. The van der Waals surface area contributed by atoms with E-state index in [4.69, 9.17) is 0 Å². The maximum atomic E-state index is 13.1. The minimum Gasteiger partial charge on any atom is -0.344 e. The van der Waals surface area contributed by atoms with E-state index in [0.29, 0.717) is 12.1 Å². The quantitative estimate of drug-likeness (QED) is 0.675. The van der Waals surface area contributed by atoms with E-state index < -0.39 is 0 Å². The second-order valence-corrected chi connectivity index (χ2v) is 6.92. The monoisotopic (exact) mass is 387 g/mol. The standard InChI is InChI=1S/C24H25N3O2/c1-4-27(21-12-8-9-17(2)15-21)24(29)20-13-14-25-22(16-20)23(28)26-18(3)19-10-6-5-7-11-19/h5-16,18H,4H2,1-3H3,(H,26,28). The fourth-order valence-electron chi connectivity index (χ4n) is 3.18. The SMILES string of the molecule is CCN(C(=O)c1ccnc(C(=O)NC(C)c2ccccc2)c1)c1cccc(C)c1. The lowest BCUT2D eigenvalue weighted by molar-refractivity contribution is 0.0935. The molecule has 29 heavy (non-hydrogen) atoms. The summed E-state index contributed by atoms with van der Waals surface area (Å²) in [6.07, 6.45) is 1.50. The highest BCUT2D eigenvalue weighted by molar-refractivity contribution is 6.07. The summed E-state index contributed by atoms with van der Waals surface area (Å²) in [7, 11) is 0. The van der Waals surface area contributed by atoms with Gasteiger partial charge < -0.3 is 10.2 Å². The van der Waals surface area contributed by atoms with Crippen molar-refractivity contribution in [3.05, 3.63) is 95.3 Å². The predicted octanol–water partition coefficient (Wildman–Crippen LogP) is 4.55. The molecule has 3 rings (SSSR count). The molecular formula is C24H25N3O2. The van der Waals surface area contributed by atoms with Crippen LogP contribution in [0.2, 0.25) is 0 Å². The molecule has 2 aromatic carbocycles. The van der Waals surface area contributed by atoms with Crippen LogP contribution in [0.1, 0.15) is 51.9 Å². The zero-order valence-electron chi connectivity index (χ0n) is 16.9. The zero-order chi connectivity index (χ0) is 20.8. The Morgan fingerprint density at radius 2 is 1.79 bits per heavy atom. The van der Waals surface area contributed by atoms with Crippen molar-refractivity contribution in [2.75, 3.05) is 11.4 Å². The first-order valence-corrected chi connectivity index (χ1v) is 9.70. The van der Waals surface area contributed by atoms with Gasteiger partial charge >= 0.3 is 0 Å². The number of pyridine rings is 1. The smallest absolute Gasteiger partial charge is 0.270 e. The van der Waals surface area contributed by atoms with E-state index in [0.717, 1.165) is 16.8 Å². The van der Waals surface area contributed by atoms with Gasteiger partial charge in [-0.05, 0) is 56.2 Å². The third-order valence-electron chi connectivity index (χ3n) is 4.76. The molecule has 0 spiro atoms. The van der Waals surface area contributed by atoms with Crippen molar-refractivity contribution in [1.82, 2.24) is 10.3 Å². The number of aromatic nitrogens is 1. The van der Waals surface area contributed by atoms with Crippen LogP contribution in [-0.4, -0.2) is 23.3 Å². The first kappa shape index (κ1) is 20.3. The molecule has 5 nitrogen and oxygen atoms in total. The molecule has 3 aromatic rings. The third-order valence-corrected chi connectivity index (χ3v) is 4.76. The Kier molecular flexibility index (Phi) is 6.39. The van der Waals surface area contributed by atoms with Crippen LogP contribution in [0.4, 0.5) is 5.69 Å². The topological polar surface area (TPSA) is 62.3 Å². The van der Waals surface area contributed by atoms with E-state index in [1.807, 2.05) is 75.4 Å². The van der Waals surface area contributed by atoms with Crippen LogP contribution in [0.5, 0.6) is 0 Å². The molecule has 0 aliphatic heterocycles. The average molecular weight is 387 g/mol. The molecule has 0 fully saturated rings. The Morgan fingerprint density at radius 3 is 2.48 bits per heavy atom. The average Bonchev–Trinajstić information content (AvgIpc) is 2.75. The Balaban J connectivity index is 1.79. The first-order chi connectivity index (χ1) is 14.0. The lowest BCUT2D eigenvalue weighted by Crippen LogP contribution is -2.31. The maximum absolute atomic E-state index is 13.1. The van der Waals surface area contributed by atoms with Gasteiger partial charge in [-0.15, -0.1) is 0 Å². The van der Waals surface area contributed by atoms with Gasteiger partial charge in [0, 0.05) is 24.0 Å². The van der Waals surface area contributed by atoms with E-state index in [9.17, 15) is 9.59 Å². The van der Waals surface area contributed by atoms with Gasteiger partial charge in [-0.1, -0.05) is 42.5 Å². The highest BCUT2D eigenvalue weighted by Gasteiger charge is 2.19. The molecule has 1 unspecified atom stereocenters. The molecule has 0 bridgehead atoms. The largest absolute Gasteiger partial charge is 0.344 e. The number of benzene rings is 2. The summed E-state index contributed by atoms with van der Waals surface area (Å²) in [6, 6.07) is 20.5. The summed E-state index contributed by atoms with van der Waals surface area (Å²) >= 11 is 0. The van der Waals surface area contributed by atoms with Crippen LogP contribution in [0.3, 0.4) is 0 Å². The van der Waals surface area contributed by atoms with Crippen molar-refractivity contribution in [1.29, 1.82) is 0 Å². The fraction of sp³-hybridized carbons (Fsp3) is 0.208. The van der Waals surface area contributed by atoms with Crippen LogP contribution in [-0.2, 0) is 0 Å². The number of rotatable bonds is 6. The molecule has 0 aliphatic rings. The van der Waals surface area contributed by atoms with Gasteiger partial charge in [0.15, 0.2) is 0 Å². The van der Waals surface area contributed by atoms with Crippen molar-refractivity contribution in [3.8, 4) is 0 Å². The van der Waals surface area contributed by atoms with Gasteiger partial charge in [0.25, 0.3) is 11.8 Å². The van der Waals surface area contributed by atoms with Gasteiger partial charge in [-0.2, -0.15) is 0 Å². The van der Waals surface area contributed by atoms with Crippen molar-refractivity contribution < 1.29 is 9.59 Å². The van der Waals surface area contributed by atoms with Crippen LogP contribution < -0.4 is 10.2 Å². The van der Waals surface area contributed by atoms with Gasteiger partial charge in [0.1, 0.15) is 5.69 Å². The van der Waals surface area contributed by atoms with Crippen molar-refractivity contribution in [2.24, 2.45) is 0 Å². The van der Waals surface area contributed by atoms with Crippen LogP contribution in [0.15, 0.2) is 72.9 Å². The Morgan fingerprint density at radius 1 is 1.03 bits per heavy atom. The Hall–Kier alpha value is -3.47. The van der Waals surface area contributed by atoms with Gasteiger partial charge in [0.2, 0.25) is 0 Å². The van der Waals surface area contributed by atoms with Crippen LogP contribution >= 0.6 is 0 Å². The number of aryl methyl sites for hydroxylation is 1. The van der Waals surface area contributed by atoms with Crippen molar-refractivity contribution in [3.63, 3.8) is 0 Å². The van der Waals surface area contributed by atoms with E-state index in [1.165, 1.54) is 6.20 Å². The molecule has 0 saturated carbocycles. The molecule has 148 valence electrons. The summed E-state index contributed by atoms with van der Waals surface area (Å²) in [4.78, 5) is 31.6. The number of anilines is 1. The van der Waals surface area contributed by atoms with E-state index in [2.05, 4.69) is 10.3 Å². The second-order valence-electron chi connectivity index (χ2n) is 6.92. The van der Waals surface area contributed by atoms with Gasteiger partial charge in [-0.3, -0.25) is 14.6 Å².